The van der Waals surface area contributed by atoms with E-state index in [1.54, 1.807) is 0 Å². The Morgan fingerprint density at radius 1 is 1.12 bits per heavy atom. The molecule has 0 spiro atoms. The molecule has 2 nitrogen and oxygen atoms in total. The Morgan fingerprint density at radius 2 is 1.82 bits per heavy atom. The van der Waals surface area contributed by atoms with Crippen molar-refractivity contribution in [3.05, 3.63) is 0 Å². The summed E-state index contributed by atoms with van der Waals surface area (Å²) in [5.74, 6) is 2.72. The van der Waals surface area contributed by atoms with Gasteiger partial charge in [-0.05, 0) is 56.3 Å². The van der Waals surface area contributed by atoms with E-state index in [-0.39, 0.29) is 0 Å². The molecular formula is C15H28N2. The van der Waals surface area contributed by atoms with Gasteiger partial charge in [-0.3, -0.25) is 4.90 Å². The fraction of sp³-hybridized carbons (Fsp3) is 1.00. The van der Waals surface area contributed by atoms with Gasteiger partial charge in [-0.2, -0.15) is 0 Å². The normalized spacial score (nSPS) is 51.0. The zero-order valence-corrected chi connectivity index (χ0v) is 11.5. The highest BCUT2D eigenvalue weighted by molar-refractivity contribution is 5.05. The van der Waals surface area contributed by atoms with Gasteiger partial charge < -0.3 is 5.73 Å². The van der Waals surface area contributed by atoms with Crippen molar-refractivity contribution in [1.29, 1.82) is 0 Å². The molecule has 0 radical (unpaired) electrons. The third kappa shape index (κ3) is 1.94. The first kappa shape index (κ1) is 12.0. The summed E-state index contributed by atoms with van der Waals surface area (Å²) in [6.07, 6.45) is 8.48. The van der Waals surface area contributed by atoms with Crippen LogP contribution in [-0.4, -0.2) is 29.6 Å². The molecule has 1 heterocycles. The highest BCUT2D eigenvalue weighted by Crippen LogP contribution is 2.47. The zero-order chi connectivity index (χ0) is 12.0. The molecule has 4 atom stereocenters. The number of piperidine rings is 1. The van der Waals surface area contributed by atoms with Crippen LogP contribution in [-0.2, 0) is 0 Å². The van der Waals surface area contributed by atoms with Crippen molar-refractivity contribution in [2.45, 2.75) is 64.0 Å². The van der Waals surface area contributed by atoms with Crippen LogP contribution in [0, 0.1) is 17.8 Å². The predicted molar refractivity (Wildman–Crippen MR) is 71.8 cm³/mol. The first-order chi connectivity index (χ1) is 8.13. The minimum absolute atomic E-state index is 0.358. The summed E-state index contributed by atoms with van der Waals surface area (Å²) >= 11 is 0. The summed E-state index contributed by atoms with van der Waals surface area (Å²) in [7, 11) is 0. The molecular weight excluding hydrogens is 208 g/mol. The van der Waals surface area contributed by atoms with Crippen LogP contribution in [0.4, 0.5) is 0 Å². The van der Waals surface area contributed by atoms with Crippen molar-refractivity contribution in [2.24, 2.45) is 23.5 Å². The molecule has 0 aromatic heterocycles. The van der Waals surface area contributed by atoms with Crippen molar-refractivity contribution in [2.75, 3.05) is 13.1 Å². The molecule has 2 heteroatoms. The fourth-order valence-corrected chi connectivity index (χ4v) is 5.26. The van der Waals surface area contributed by atoms with Crippen molar-refractivity contribution in [3.8, 4) is 0 Å². The van der Waals surface area contributed by atoms with E-state index < -0.39 is 0 Å². The Balaban J connectivity index is 1.81. The molecule has 4 unspecified atom stereocenters. The first-order valence-corrected chi connectivity index (χ1v) is 7.60. The van der Waals surface area contributed by atoms with Crippen LogP contribution in [0.2, 0.25) is 0 Å². The largest absolute Gasteiger partial charge is 0.329 e. The molecule has 1 aliphatic heterocycles. The van der Waals surface area contributed by atoms with Crippen molar-refractivity contribution in [1.82, 2.24) is 4.90 Å². The van der Waals surface area contributed by atoms with Gasteiger partial charge in [0.15, 0.2) is 0 Å². The van der Waals surface area contributed by atoms with Crippen LogP contribution >= 0.6 is 0 Å². The zero-order valence-electron chi connectivity index (χ0n) is 11.5. The molecule has 17 heavy (non-hydrogen) atoms. The number of nitrogens with zero attached hydrogens (tertiary/aromatic N) is 1. The third-order valence-electron chi connectivity index (χ3n) is 5.66. The van der Waals surface area contributed by atoms with E-state index in [4.69, 9.17) is 5.73 Å². The van der Waals surface area contributed by atoms with Gasteiger partial charge >= 0.3 is 0 Å². The van der Waals surface area contributed by atoms with Crippen LogP contribution in [0.15, 0.2) is 0 Å². The Bertz CT molecular complexity index is 279. The van der Waals surface area contributed by atoms with Crippen LogP contribution in [0.5, 0.6) is 0 Å². The van der Waals surface area contributed by atoms with E-state index in [9.17, 15) is 0 Å². The van der Waals surface area contributed by atoms with Gasteiger partial charge in [0, 0.05) is 24.7 Å². The summed E-state index contributed by atoms with van der Waals surface area (Å²) in [5, 5.41) is 0. The highest BCUT2D eigenvalue weighted by Gasteiger charge is 2.49. The Labute approximate surface area is 106 Å². The second-order valence-electron chi connectivity index (χ2n) is 7.27. The number of rotatable bonds is 2. The SMILES string of the molecule is CC1CC(C)CC(CN)(N2CC3CCC2C3)C1. The van der Waals surface area contributed by atoms with Crippen LogP contribution in [0.25, 0.3) is 0 Å². The van der Waals surface area contributed by atoms with Gasteiger partial charge in [0.05, 0.1) is 0 Å². The number of hydrogen-bond acceptors (Lipinski definition) is 2. The second kappa shape index (κ2) is 4.24. The van der Waals surface area contributed by atoms with E-state index >= 15 is 0 Å². The van der Waals surface area contributed by atoms with E-state index in [1.807, 2.05) is 0 Å². The predicted octanol–water partition coefficient (Wildman–Crippen LogP) is 2.62. The molecule has 1 saturated heterocycles. The van der Waals surface area contributed by atoms with Crippen molar-refractivity contribution in [3.63, 3.8) is 0 Å². The summed E-state index contributed by atoms with van der Waals surface area (Å²) in [5.41, 5.74) is 6.59. The van der Waals surface area contributed by atoms with E-state index in [0.29, 0.717) is 5.54 Å². The number of fused-ring (bicyclic) bond motifs is 2. The molecule has 2 aliphatic carbocycles. The van der Waals surface area contributed by atoms with Gasteiger partial charge in [0.25, 0.3) is 0 Å². The fourth-order valence-electron chi connectivity index (χ4n) is 5.26. The van der Waals surface area contributed by atoms with Gasteiger partial charge in [-0.25, -0.2) is 0 Å². The molecule has 3 aliphatic rings. The number of nitrogens with two attached hydrogens (primary N) is 1. The van der Waals surface area contributed by atoms with Gasteiger partial charge in [0.2, 0.25) is 0 Å². The molecule has 0 aromatic rings. The van der Waals surface area contributed by atoms with Crippen LogP contribution in [0.3, 0.4) is 0 Å². The minimum atomic E-state index is 0.358. The maximum atomic E-state index is 6.23. The topological polar surface area (TPSA) is 29.3 Å². The summed E-state index contributed by atoms with van der Waals surface area (Å²) in [6.45, 7) is 7.08. The lowest BCUT2D eigenvalue weighted by Gasteiger charge is -2.51. The Hall–Kier alpha value is -0.0800. The van der Waals surface area contributed by atoms with Gasteiger partial charge in [-0.15, -0.1) is 0 Å². The standard InChI is InChI=1S/C15H28N2/c1-11-5-12(2)8-15(7-11,10-16)17-9-13-3-4-14(17)6-13/h11-14H,3-10,16H2,1-2H3. The van der Waals surface area contributed by atoms with Crippen molar-refractivity contribution >= 4 is 0 Å². The number of likely N-dealkylation sites (tertiary alicyclic amines) is 1. The summed E-state index contributed by atoms with van der Waals surface area (Å²) in [6, 6.07) is 0.876. The van der Waals surface area contributed by atoms with E-state index in [2.05, 4.69) is 18.7 Å². The van der Waals surface area contributed by atoms with Crippen molar-refractivity contribution < 1.29 is 0 Å². The van der Waals surface area contributed by atoms with E-state index in [0.717, 1.165) is 30.3 Å². The van der Waals surface area contributed by atoms with Crippen LogP contribution < -0.4 is 5.73 Å². The van der Waals surface area contributed by atoms with Crippen LogP contribution in [0.1, 0.15) is 52.4 Å². The molecule has 2 N–H and O–H groups in total. The third-order valence-corrected chi connectivity index (χ3v) is 5.66. The maximum absolute atomic E-state index is 6.23. The average Bonchev–Trinajstić information content (AvgIpc) is 2.89. The molecule has 2 bridgehead atoms. The first-order valence-electron chi connectivity index (χ1n) is 7.60. The highest BCUT2D eigenvalue weighted by atomic mass is 15.3. The molecule has 98 valence electrons. The lowest BCUT2D eigenvalue weighted by atomic mass is 9.70. The Morgan fingerprint density at radius 3 is 2.29 bits per heavy atom. The molecule has 3 rings (SSSR count). The maximum Gasteiger partial charge on any atom is 0.0339 e. The Kier molecular flexibility index (Phi) is 2.99. The monoisotopic (exact) mass is 236 g/mol. The number of hydrogen-bond donors (Lipinski definition) is 1. The molecule has 3 fully saturated rings. The molecule has 2 saturated carbocycles. The molecule has 0 aromatic carbocycles. The second-order valence-corrected chi connectivity index (χ2v) is 7.27. The van der Waals surface area contributed by atoms with Gasteiger partial charge in [0.1, 0.15) is 0 Å². The van der Waals surface area contributed by atoms with Gasteiger partial charge in [-0.1, -0.05) is 13.8 Å². The molecule has 0 amide bonds. The minimum Gasteiger partial charge on any atom is -0.329 e. The smallest absolute Gasteiger partial charge is 0.0339 e. The lowest BCUT2D eigenvalue weighted by Crippen LogP contribution is -2.59. The quantitative estimate of drug-likeness (QED) is 0.798. The summed E-state index contributed by atoms with van der Waals surface area (Å²) < 4.78 is 0. The average molecular weight is 236 g/mol. The lowest BCUT2D eigenvalue weighted by molar-refractivity contribution is -0.00168. The summed E-state index contributed by atoms with van der Waals surface area (Å²) in [4.78, 5) is 2.84. The van der Waals surface area contributed by atoms with E-state index in [1.165, 1.54) is 45.1 Å².